The molecule has 1 aromatic heterocycles. The van der Waals surface area contributed by atoms with Crippen LogP contribution >= 0.6 is 34.8 Å². The number of aliphatic hydroxyl groups is 1. The van der Waals surface area contributed by atoms with E-state index in [1.165, 1.54) is 11.9 Å². The predicted octanol–water partition coefficient (Wildman–Crippen LogP) is 3.73. The standard InChI is InChI=1S/C17H20Cl3N3O/c18-8-17(9-19,23-11-21-10-22-23)15-6-3-13(16(15)24)7-12-1-4-14(20)5-2-12/h1-2,4-5,10-11,13,15-16,24H,3,6-9H2. The summed E-state index contributed by atoms with van der Waals surface area (Å²) in [6.45, 7) is 0. The number of nitrogens with zero attached hydrogens (tertiary/aromatic N) is 3. The molecule has 1 aliphatic rings. The minimum Gasteiger partial charge on any atom is -0.392 e. The Morgan fingerprint density at radius 3 is 2.46 bits per heavy atom. The van der Waals surface area contributed by atoms with Crippen molar-refractivity contribution in [2.75, 3.05) is 11.8 Å². The van der Waals surface area contributed by atoms with E-state index in [1.807, 2.05) is 24.3 Å². The molecule has 0 spiro atoms. The highest BCUT2D eigenvalue weighted by molar-refractivity contribution is 6.30. The van der Waals surface area contributed by atoms with Crippen molar-refractivity contribution in [2.24, 2.45) is 11.8 Å². The van der Waals surface area contributed by atoms with Gasteiger partial charge in [0.05, 0.1) is 11.6 Å². The molecule has 24 heavy (non-hydrogen) atoms. The molecule has 1 fully saturated rings. The van der Waals surface area contributed by atoms with Crippen molar-refractivity contribution in [1.82, 2.24) is 14.8 Å². The number of aromatic nitrogens is 3. The van der Waals surface area contributed by atoms with Gasteiger partial charge in [-0.05, 0) is 42.9 Å². The van der Waals surface area contributed by atoms with Crippen LogP contribution in [0.1, 0.15) is 18.4 Å². The van der Waals surface area contributed by atoms with Crippen LogP contribution in [0.25, 0.3) is 0 Å². The normalized spacial score (nSPS) is 24.4. The quantitative estimate of drug-likeness (QED) is 0.767. The first kappa shape index (κ1) is 18.0. The van der Waals surface area contributed by atoms with Gasteiger partial charge in [-0.1, -0.05) is 23.7 Å². The highest BCUT2D eigenvalue weighted by atomic mass is 35.5. The van der Waals surface area contributed by atoms with E-state index in [0.29, 0.717) is 0 Å². The van der Waals surface area contributed by atoms with E-state index >= 15 is 0 Å². The van der Waals surface area contributed by atoms with Gasteiger partial charge in [0.25, 0.3) is 0 Å². The molecule has 0 saturated heterocycles. The number of rotatable bonds is 6. The van der Waals surface area contributed by atoms with Crippen LogP contribution in [0, 0.1) is 11.8 Å². The topological polar surface area (TPSA) is 50.9 Å². The molecule has 1 N–H and O–H groups in total. The highest BCUT2D eigenvalue weighted by Gasteiger charge is 2.49. The van der Waals surface area contributed by atoms with Crippen LogP contribution < -0.4 is 0 Å². The maximum absolute atomic E-state index is 11.0. The van der Waals surface area contributed by atoms with Gasteiger partial charge in [0.15, 0.2) is 0 Å². The number of halogens is 3. The van der Waals surface area contributed by atoms with Gasteiger partial charge in [0.1, 0.15) is 12.7 Å². The number of aliphatic hydroxyl groups excluding tert-OH is 1. The first-order chi connectivity index (χ1) is 11.6. The summed E-state index contributed by atoms with van der Waals surface area (Å²) >= 11 is 18.5. The molecule has 3 rings (SSSR count). The van der Waals surface area contributed by atoms with Crippen LogP contribution in [-0.2, 0) is 12.0 Å². The third kappa shape index (κ3) is 3.30. The van der Waals surface area contributed by atoms with E-state index in [0.717, 1.165) is 24.3 Å². The molecule has 0 aliphatic heterocycles. The maximum Gasteiger partial charge on any atom is 0.137 e. The fourth-order valence-electron chi connectivity index (χ4n) is 3.76. The Bertz CT molecular complexity index is 644. The summed E-state index contributed by atoms with van der Waals surface area (Å²) < 4.78 is 1.71. The van der Waals surface area contributed by atoms with Crippen molar-refractivity contribution in [3.63, 3.8) is 0 Å². The third-order valence-electron chi connectivity index (χ3n) is 5.18. The summed E-state index contributed by atoms with van der Waals surface area (Å²) in [4.78, 5) is 4.02. The Morgan fingerprint density at radius 2 is 1.88 bits per heavy atom. The first-order valence-corrected chi connectivity index (χ1v) is 9.45. The number of benzene rings is 1. The molecule has 1 heterocycles. The van der Waals surface area contributed by atoms with Gasteiger partial charge >= 0.3 is 0 Å². The van der Waals surface area contributed by atoms with E-state index in [4.69, 9.17) is 34.8 Å². The molecule has 1 aromatic carbocycles. The average molecular weight is 389 g/mol. The van der Waals surface area contributed by atoms with E-state index in [2.05, 4.69) is 10.1 Å². The molecule has 3 atom stereocenters. The Balaban J connectivity index is 1.79. The van der Waals surface area contributed by atoms with E-state index in [9.17, 15) is 5.11 Å². The van der Waals surface area contributed by atoms with Gasteiger partial charge in [0.2, 0.25) is 0 Å². The minimum atomic E-state index is -0.617. The second-order valence-corrected chi connectivity index (χ2v) is 7.45. The van der Waals surface area contributed by atoms with E-state index in [-0.39, 0.29) is 23.6 Å². The molecule has 2 aromatic rings. The van der Waals surface area contributed by atoms with Crippen LogP contribution in [-0.4, -0.2) is 37.7 Å². The smallest absolute Gasteiger partial charge is 0.137 e. The van der Waals surface area contributed by atoms with Crippen LogP contribution in [0.2, 0.25) is 5.02 Å². The van der Waals surface area contributed by atoms with Crippen LogP contribution in [0.5, 0.6) is 0 Å². The lowest BCUT2D eigenvalue weighted by Gasteiger charge is -2.38. The molecule has 0 amide bonds. The molecule has 3 unspecified atom stereocenters. The average Bonchev–Trinajstić information content (AvgIpc) is 3.25. The van der Waals surface area contributed by atoms with Crippen LogP contribution in [0.15, 0.2) is 36.9 Å². The molecule has 1 saturated carbocycles. The van der Waals surface area contributed by atoms with Gasteiger partial charge in [-0.2, -0.15) is 5.10 Å². The number of alkyl halides is 2. The van der Waals surface area contributed by atoms with Crippen molar-refractivity contribution in [3.05, 3.63) is 47.5 Å². The molecule has 1 aliphatic carbocycles. The Kier molecular flexibility index (Phi) is 5.70. The summed E-state index contributed by atoms with van der Waals surface area (Å²) in [6, 6.07) is 7.78. The Morgan fingerprint density at radius 1 is 1.17 bits per heavy atom. The summed E-state index contributed by atoms with van der Waals surface area (Å²) in [5.41, 5.74) is 0.556. The van der Waals surface area contributed by atoms with Crippen LogP contribution in [0.3, 0.4) is 0 Å². The van der Waals surface area contributed by atoms with Crippen molar-refractivity contribution in [2.45, 2.75) is 30.9 Å². The fourth-order valence-corrected chi connectivity index (χ4v) is 4.81. The largest absolute Gasteiger partial charge is 0.392 e. The molecular formula is C17H20Cl3N3O. The molecule has 7 heteroatoms. The summed E-state index contributed by atoms with van der Waals surface area (Å²) in [7, 11) is 0. The molecule has 130 valence electrons. The molecular weight excluding hydrogens is 369 g/mol. The fraction of sp³-hybridized carbons (Fsp3) is 0.529. The second-order valence-electron chi connectivity index (χ2n) is 6.48. The zero-order chi connectivity index (χ0) is 17.2. The Hall–Kier alpha value is -0.810. The minimum absolute atomic E-state index is 0.0495. The van der Waals surface area contributed by atoms with Crippen LogP contribution in [0.4, 0.5) is 0 Å². The lowest BCUT2D eigenvalue weighted by molar-refractivity contribution is 0.0350. The SMILES string of the molecule is OC1C(Cc2ccc(Cl)cc2)CCC1C(CCl)(CCl)n1cncn1. The lowest BCUT2D eigenvalue weighted by Crippen LogP contribution is -2.49. The second kappa shape index (κ2) is 7.61. The van der Waals surface area contributed by atoms with Crippen molar-refractivity contribution < 1.29 is 5.11 Å². The Labute approximate surface area is 156 Å². The molecule has 0 radical (unpaired) electrons. The molecule has 0 bridgehead atoms. The summed E-state index contributed by atoms with van der Waals surface area (Å²) in [6.07, 6.45) is 5.22. The van der Waals surface area contributed by atoms with Gasteiger partial charge in [0, 0.05) is 22.7 Å². The van der Waals surface area contributed by atoms with Gasteiger partial charge in [-0.25, -0.2) is 9.67 Å². The first-order valence-electron chi connectivity index (χ1n) is 8.00. The van der Waals surface area contributed by atoms with Gasteiger partial charge in [-0.3, -0.25) is 0 Å². The lowest BCUT2D eigenvalue weighted by atomic mass is 9.82. The maximum atomic E-state index is 11.0. The number of hydrogen-bond donors (Lipinski definition) is 1. The van der Waals surface area contributed by atoms with Gasteiger partial charge in [-0.15, -0.1) is 23.2 Å². The van der Waals surface area contributed by atoms with E-state index in [1.54, 1.807) is 11.0 Å². The van der Waals surface area contributed by atoms with E-state index < -0.39 is 11.6 Å². The highest BCUT2D eigenvalue weighted by Crippen LogP contribution is 2.44. The summed E-state index contributed by atoms with van der Waals surface area (Å²) in [5.74, 6) is 0.696. The zero-order valence-electron chi connectivity index (χ0n) is 13.2. The molecule has 4 nitrogen and oxygen atoms in total. The number of hydrogen-bond acceptors (Lipinski definition) is 3. The summed E-state index contributed by atoms with van der Waals surface area (Å²) in [5, 5.41) is 15.9. The third-order valence-corrected chi connectivity index (χ3v) is 6.36. The predicted molar refractivity (Wildman–Crippen MR) is 96.8 cm³/mol. The van der Waals surface area contributed by atoms with Crippen molar-refractivity contribution >= 4 is 34.8 Å². The monoisotopic (exact) mass is 387 g/mol. The van der Waals surface area contributed by atoms with Crippen molar-refractivity contribution in [1.29, 1.82) is 0 Å². The van der Waals surface area contributed by atoms with Crippen molar-refractivity contribution in [3.8, 4) is 0 Å². The zero-order valence-corrected chi connectivity index (χ0v) is 15.4. The van der Waals surface area contributed by atoms with Gasteiger partial charge < -0.3 is 5.11 Å².